The molecule has 5 heteroatoms. The predicted octanol–water partition coefficient (Wildman–Crippen LogP) is 2.76. The van der Waals surface area contributed by atoms with Crippen molar-refractivity contribution in [3.05, 3.63) is 47.7 Å². The first-order chi connectivity index (χ1) is 8.25. The minimum Gasteiger partial charge on any atom is -0.493 e. The van der Waals surface area contributed by atoms with Crippen molar-refractivity contribution in [1.82, 2.24) is 14.4 Å². The van der Waals surface area contributed by atoms with Crippen LogP contribution >= 0.6 is 11.6 Å². The zero-order valence-electron chi connectivity index (χ0n) is 8.71. The second kappa shape index (κ2) is 3.75. The molecule has 1 aromatic carbocycles. The summed E-state index contributed by atoms with van der Waals surface area (Å²) in [5, 5.41) is 10.7. The molecule has 0 aliphatic carbocycles. The van der Waals surface area contributed by atoms with Gasteiger partial charge in [-0.1, -0.05) is 23.7 Å². The van der Waals surface area contributed by atoms with Gasteiger partial charge in [0.2, 0.25) is 11.7 Å². The number of hydrogen-bond donors (Lipinski definition) is 1. The monoisotopic (exact) mass is 245 g/mol. The Balaban J connectivity index is 2.24. The summed E-state index contributed by atoms with van der Waals surface area (Å²) in [5.74, 6) is 0.547. The topological polar surface area (TPSA) is 50.4 Å². The van der Waals surface area contributed by atoms with Crippen molar-refractivity contribution in [3.8, 4) is 17.1 Å². The van der Waals surface area contributed by atoms with E-state index in [-0.39, 0.29) is 5.88 Å². The van der Waals surface area contributed by atoms with E-state index in [0.717, 1.165) is 5.56 Å². The smallest absolute Gasteiger partial charge is 0.237 e. The fraction of sp³-hybridized carbons (Fsp3) is 0. The normalized spacial score (nSPS) is 10.9. The first-order valence-electron chi connectivity index (χ1n) is 5.04. The number of rotatable bonds is 1. The number of imidazole rings is 1. The van der Waals surface area contributed by atoms with Crippen LogP contribution in [0.25, 0.3) is 17.0 Å². The van der Waals surface area contributed by atoms with Gasteiger partial charge in [0.1, 0.15) is 5.69 Å². The summed E-state index contributed by atoms with van der Waals surface area (Å²) in [6.45, 7) is 0. The molecule has 0 unspecified atom stereocenters. The highest BCUT2D eigenvalue weighted by atomic mass is 35.5. The molecule has 0 saturated heterocycles. The summed E-state index contributed by atoms with van der Waals surface area (Å²) in [6, 6.07) is 8.87. The van der Waals surface area contributed by atoms with Crippen molar-refractivity contribution in [2.24, 2.45) is 0 Å². The summed E-state index contributed by atoms with van der Waals surface area (Å²) in [7, 11) is 0. The molecule has 0 radical (unpaired) electrons. The lowest BCUT2D eigenvalue weighted by molar-refractivity contribution is 0.450. The van der Waals surface area contributed by atoms with Gasteiger partial charge in [0.05, 0.1) is 0 Å². The molecule has 0 fully saturated rings. The van der Waals surface area contributed by atoms with E-state index in [4.69, 9.17) is 11.6 Å². The Labute approximate surface area is 102 Å². The quantitative estimate of drug-likeness (QED) is 0.717. The van der Waals surface area contributed by atoms with Crippen LogP contribution in [0.4, 0.5) is 0 Å². The molecule has 0 spiro atoms. The fourth-order valence-corrected chi connectivity index (χ4v) is 1.80. The second-order valence-corrected chi connectivity index (χ2v) is 4.02. The van der Waals surface area contributed by atoms with Crippen molar-refractivity contribution in [2.45, 2.75) is 0 Å². The van der Waals surface area contributed by atoms with E-state index in [1.54, 1.807) is 30.6 Å². The van der Waals surface area contributed by atoms with Crippen LogP contribution in [0.3, 0.4) is 0 Å². The molecule has 0 amide bonds. The van der Waals surface area contributed by atoms with E-state index < -0.39 is 0 Å². The highest BCUT2D eigenvalue weighted by Gasteiger charge is 2.12. The molecule has 0 aliphatic rings. The van der Waals surface area contributed by atoms with Crippen molar-refractivity contribution < 1.29 is 5.11 Å². The largest absolute Gasteiger partial charge is 0.493 e. The molecule has 0 aliphatic heterocycles. The molecular formula is C12H8ClN3O. The number of nitrogens with zero attached hydrogens (tertiary/aromatic N) is 3. The van der Waals surface area contributed by atoms with Crippen LogP contribution < -0.4 is 0 Å². The number of fused-ring (bicyclic) bond motifs is 1. The van der Waals surface area contributed by atoms with Crippen LogP contribution in [-0.2, 0) is 0 Å². The minimum atomic E-state index is 0.0791. The lowest BCUT2D eigenvalue weighted by Gasteiger charge is -1.97. The fourth-order valence-electron chi connectivity index (χ4n) is 1.68. The standard InChI is InChI=1S/C12H8ClN3O/c13-9-4-2-8(3-5-9)10-11(17)16-7-1-6-14-12(16)15-10/h1-7,17H. The number of aromatic nitrogens is 3. The van der Waals surface area contributed by atoms with Crippen LogP contribution in [0, 0.1) is 0 Å². The minimum absolute atomic E-state index is 0.0791. The molecule has 4 nitrogen and oxygen atoms in total. The van der Waals surface area contributed by atoms with Crippen LogP contribution in [0.2, 0.25) is 5.02 Å². The number of hydrogen-bond acceptors (Lipinski definition) is 3. The first-order valence-corrected chi connectivity index (χ1v) is 5.41. The van der Waals surface area contributed by atoms with Crippen LogP contribution in [-0.4, -0.2) is 19.5 Å². The van der Waals surface area contributed by atoms with E-state index in [0.29, 0.717) is 16.5 Å². The summed E-state index contributed by atoms with van der Waals surface area (Å²) in [6.07, 6.45) is 3.34. The molecule has 0 atom stereocenters. The van der Waals surface area contributed by atoms with Crippen LogP contribution in [0.1, 0.15) is 0 Å². The van der Waals surface area contributed by atoms with E-state index in [9.17, 15) is 5.11 Å². The summed E-state index contributed by atoms with van der Waals surface area (Å²) in [5.41, 5.74) is 1.30. The first kappa shape index (κ1) is 10.1. The van der Waals surface area contributed by atoms with Gasteiger partial charge in [-0.3, -0.25) is 4.40 Å². The molecule has 2 aromatic heterocycles. The Morgan fingerprint density at radius 2 is 1.94 bits per heavy atom. The molecule has 3 rings (SSSR count). The van der Waals surface area contributed by atoms with Crippen molar-refractivity contribution in [3.63, 3.8) is 0 Å². The Kier molecular flexibility index (Phi) is 2.23. The van der Waals surface area contributed by atoms with Crippen molar-refractivity contribution in [2.75, 3.05) is 0 Å². The van der Waals surface area contributed by atoms with Gasteiger partial charge in [0.15, 0.2) is 0 Å². The maximum absolute atomic E-state index is 10.0. The zero-order chi connectivity index (χ0) is 11.8. The highest BCUT2D eigenvalue weighted by Crippen LogP contribution is 2.29. The molecule has 84 valence electrons. The van der Waals surface area contributed by atoms with E-state index in [1.807, 2.05) is 12.1 Å². The molecule has 0 saturated carbocycles. The Hall–Kier alpha value is -2.07. The third-order valence-electron chi connectivity index (χ3n) is 2.50. The third-order valence-corrected chi connectivity index (χ3v) is 2.75. The summed E-state index contributed by atoms with van der Waals surface area (Å²) < 4.78 is 1.53. The highest BCUT2D eigenvalue weighted by molar-refractivity contribution is 6.30. The van der Waals surface area contributed by atoms with Gasteiger partial charge >= 0.3 is 0 Å². The molecular weight excluding hydrogens is 238 g/mol. The Morgan fingerprint density at radius 1 is 1.18 bits per heavy atom. The molecule has 3 aromatic rings. The van der Waals surface area contributed by atoms with E-state index in [1.165, 1.54) is 4.40 Å². The van der Waals surface area contributed by atoms with Gasteiger partial charge in [-0.2, -0.15) is 0 Å². The predicted molar refractivity (Wildman–Crippen MR) is 65.1 cm³/mol. The molecule has 1 N–H and O–H groups in total. The van der Waals surface area contributed by atoms with Gasteiger partial charge in [0.25, 0.3) is 0 Å². The third kappa shape index (κ3) is 1.62. The van der Waals surface area contributed by atoms with Crippen LogP contribution in [0.15, 0.2) is 42.7 Å². The molecule has 0 bridgehead atoms. The summed E-state index contributed by atoms with van der Waals surface area (Å²) >= 11 is 5.82. The second-order valence-electron chi connectivity index (χ2n) is 3.58. The van der Waals surface area contributed by atoms with Crippen LogP contribution in [0.5, 0.6) is 5.88 Å². The Bertz CT molecular complexity index is 676. The zero-order valence-corrected chi connectivity index (χ0v) is 9.46. The average Bonchev–Trinajstić information content (AvgIpc) is 2.69. The lowest BCUT2D eigenvalue weighted by atomic mass is 10.2. The summed E-state index contributed by atoms with van der Waals surface area (Å²) in [4.78, 5) is 8.34. The molecule has 2 heterocycles. The van der Waals surface area contributed by atoms with Gasteiger partial charge in [-0.25, -0.2) is 9.97 Å². The lowest BCUT2D eigenvalue weighted by Crippen LogP contribution is -1.84. The van der Waals surface area contributed by atoms with Gasteiger partial charge in [-0.05, 0) is 18.2 Å². The van der Waals surface area contributed by atoms with E-state index >= 15 is 0 Å². The van der Waals surface area contributed by atoms with Gasteiger partial charge in [0, 0.05) is 23.0 Å². The van der Waals surface area contributed by atoms with Gasteiger partial charge in [-0.15, -0.1) is 0 Å². The number of benzene rings is 1. The van der Waals surface area contributed by atoms with Crippen molar-refractivity contribution >= 4 is 17.4 Å². The van der Waals surface area contributed by atoms with Gasteiger partial charge < -0.3 is 5.11 Å². The SMILES string of the molecule is Oc1c(-c2ccc(Cl)cc2)nc2ncccn12. The average molecular weight is 246 g/mol. The van der Waals surface area contributed by atoms with E-state index in [2.05, 4.69) is 9.97 Å². The number of aromatic hydroxyl groups is 1. The number of halogens is 1. The maximum Gasteiger partial charge on any atom is 0.237 e. The Morgan fingerprint density at radius 3 is 2.65 bits per heavy atom. The van der Waals surface area contributed by atoms with Crippen molar-refractivity contribution in [1.29, 1.82) is 0 Å². The maximum atomic E-state index is 10.0. The molecule has 17 heavy (non-hydrogen) atoms.